The number of aliphatic hydroxyl groups is 2. The highest BCUT2D eigenvalue weighted by Gasteiger charge is 2.39. The molecule has 3 unspecified atom stereocenters. The molecule has 1 aliphatic rings. The fourth-order valence-electron chi connectivity index (χ4n) is 1.59. The smallest absolute Gasteiger partial charge is 0.164 e. The molecule has 1 aliphatic carbocycles. The van der Waals surface area contributed by atoms with Gasteiger partial charge in [-0.25, -0.2) is 0 Å². The Morgan fingerprint density at radius 3 is 2.55 bits per heavy atom. The summed E-state index contributed by atoms with van der Waals surface area (Å²) in [4.78, 5) is 10.9. The molecule has 11 heavy (non-hydrogen) atoms. The summed E-state index contributed by atoms with van der Waals surface area (Å²) in [6, 6.07) is 0. The van der Waals surface area contributed by atoms with E-state index >= 15 is 0 Å². The number of carbonyl (C=O) groups is 1. The van der Waals surface area contributed by atoms with Crippen LogP contribution in [0, 0.1) is 5.92 Å². The van der Waals surface area contributed by atoms with Crippen LogP contribution in [0.15, 0.2) is 0 Å². The van der Waals surface area contributed by atoms with Gasteiger partial charge in [0, 0.05) is 6.42 Å². The van der Waals surface area contributed by atoms with Gasteiger partial charge in [0.05, 0.1) is 6.10 Å². The molecular formula is C8H14O3. The molecule has 3 heteroatoms. The van der Waals surface area contributed by atoms with Gasteiger partial charge in [0.25, 0.3) is 0 Å². The molecule has 0 aromatic heterocycles. The Kier molecular flexibility index (Phi) is 2.62. The van der Waals surface area contributed by atoms with Crippen LogP contribution < -0.4 is 0 Å². The van der Waals surface area contributed by atoms with E-state index in [1.807, 2.05) is 6.92 Å². The van der Waals surface area contributed by atoms with Crippen molar-refractivity contribution in [2.45, 2.75) is 38.4 Å². The van der Waals surface area contributed by atoms with Crippen LogP contribution in [0.4, 0.5) is 0 Å². The number of ketones is 1. The first kappa shape index (κ1) is 8.68. The molecular weight excluding hydrogens is 144 g/mol. The average molecular weight is 158 g/mol. The molecule has 0 aliphatic heterocycles. The van der Waals surface area contributed by atoms with Crippen molar-refractivity contribution in [3.8, 4) is 0 Å². The van der Waals surface area contributed by atoms with Gasteiger partial charge in [0.1, 0.15) is 6.10 Å². The van der Waals surface area contributed by atoms with E-state index in [0.717, 1.165) is 12.8 Å². The quantitative estimate of drug-likeness (QED) is 0.599. The second-order valence-corrected chi connectivity index (χ2v) is 3.15. The highest BCUT2D eigenvalue weighted by atomic mass is 16.3. The lowest BCUT2D eigenvalue weighted by Crippen LogP contribution is -2.28. The minimum absolute atomic E-state index is 0.0116. The number of hydrogen-bond acceptors (Lipinski definition) is 3. The number of rotatable bonds is 2. The minimum atomic E-state index is -1.12. The van der Waals surface area contributed by atoms with E-state index in [9.17, 15) is 9.90 Å². The van der Waals surface area contributed by atoms with Crippen LogP contribution in [0.3, 0.4) is 0 Å². The van der Waals surface area contributed by atoms with E-state index < -0.39 is 12.2 Å². The van der Waals surface area contributed by atoms with Gasteiger partial charge in [-0.05, 0) is 12.3 Å². The van der Waals surface area contributed by atoms with Crippen molar-refractivity contribution in [1.29, 1.82) is 0 Å². The lowest BCUT2D eigenvalue weighted by molar-refractivity contribution is -0.126. The van der Waals surface area contributed by atoms with Crippen LogP contribution >= 0.6 is 0 Å². The maximum Gasteiger partial charge on any atom is 0.164 e. The molecule has 0 radical (unpaired) electrons. The van der Waals surface area contributed by atoms with Crippen molar-refractivity contribution in [3.05, 3.63) is 0 Å². The molecule has 0 heterocycles. The van der Waals surface area contributed by atoms with E-state index in [1.165, 1.54) is 0 Å². The Morgan fingerprint density at radius 1 is 1.55 bits per heavy atom. The zero-order chi connectivity index (χ0) is 8.43. The summed E-state index contributed by atoms with van der Waals surface area (Å²) < 4.78 is 0. The van der Waals surface area contributed by atoms with Gasteiger partial charge in [0.15, 0.2) is 5.78 Å². The molecule has 1 fully saturated rings. The van der Waals surface area contributed by atoms with E-state index in [1.54, 1.807) is 0 Å². The molecule has 0 spiro atoms. The highest BCUT2D eigenvalue weighted by Crippen LogP contribution is 2.26. The molecule has 2 N–H and O–H groups in total. The summed E-state index contributed by atoms with van der Waals surface area (Å²) in [5.41, 5.74) is 0. The van der Waals surface area contributed by atoms with Gasteiger partial charge in [-0.3, -0.25) is 4.79 Å². The summed E-state index contributed by atoms with van der Waals surface area (Å²) in [7, 11) is 0. The Bertz CT molecular complexity index is 155. The van der Waals surface area contributed by atoms with Crippen LogP contribution in [0.2, 0.25) is 0 Å². The Hall–Kier alpha value is -0.410. The summed E-state index contributed by atoms with van der Waals surface area (Å²) in [5, 5.41) is 18.4. The van der Waals surface area contributed by atoms with Crippen molar-refractivity contribution in [2.75, 3.05) is 0 Å². The van der Waals surface area contributed by atoms with Crippen LogP contribution in [0.5, 0.6) is 0 Å². The van der Waals surface area contributed by atoms with Crippen LogP contribution in [0.1, 0.15) is 26.2 Å². The first-order valence-corrected chi connectivity index (χ1v) is 4.05. The molecule has 1 saturated carbocycles. The molecule has 0 saturated heterocycles. The maximum absolute atomic E-state index is 10.9. The molecule has 0 aromatic rings. The maximum atomic E-state index is 10.9. The topological polar surface area (TPSA) is 57.5 Å². The summed E-state index contributed by atoms with van der Waals surface area (Å²) in [6.07, 6.45) is 0.177. The van der Waals surface area contributed by atoms with Gasteiger partial charge >= 0.3 is 0 Å². The molecule has 1 rings (SSSR count). The molecule has 3 nitrogen and oxygen atoms in total. The van der Waals surface area contributed by atoms with E-state index in [2.05, 4.69) is 0 Å². The average Bonchev–Trinajstić information content (AvgIpc) is 2.19. The van der Waals surface area contributed by atoms with Crippen LogP contribution in [-0.4, -0.2) is 28.2 Å². The lowest BCUT2D eigenvalue weighted by atomic mass is 10.00. The van der Waals surface area contributed by atoms with Gasteiger partial charge < -0.3 is 10.2 Å². The number of aliphatic hydroxyl groups excluding tert-OH is 2. The third kappa shape index (κ3) is 1.60. The molecule has 3 atom stereocenters. The van der Waals surface area contributed by atoms with Crippen molar-refractivity contribution in [1.82, 2.24) is 0 Å². The second-order valence-electron chi connectivity index (χ2n) is 3.15. The largest absolute Gasteiger partial charge is 0.390 e. The standard InChI is InChI=1S/C8H14O3/c1-2-3-5-4-6(9)8(11)7(5)10/h5,7-8,10-11H,2-4H2,1H3. The van der Waals surface area contributed by atoms with Crippen LogP contribution in [0.25, 0.3) is 0 Å². The monoisotopic (exact) mass is 158 g/mol. The summed E-state index contributed by atoms with van der Waals surface area (Å²) in [6.45, 7) is 2.00. The number of hydrogen-bond donors (Lipinski definition) is 2. The number of Topliss-reactive ketones (excluding diaryl/α,β-unsaturated/α-hetero) is 1. The third-order valence-electron chi connectivity index (χ3n) is 2.26. The molecule has 0 amide bonds. The van der Waals surface area contributed by atoms with Gasteiger partial charge in [0.2, 0.25) is 0 Å². The molecule has 0 aromatic carbocycles. The van der Waals surface area contributed by atoms with Crippen molar-refractivity contribution < 1.29 is 15.0 Å². The highest BCUT2D eigenvalue weighted by molar-refractivity contribution is 5.86. The molecule has 0 bridgehead atoms. The van der Waals surface area contributed by atoms with Crippen LogP contribution in [-0.2, 0) is 4.79 Å². The normalized spacial score (nSPS) is 38.1. The van der Waals surface area contributed by atoms with Crippen molar-refractivity contribution >= 4 is 5.78 Å². The van der Waals surface area contributed by atoms with Gasteiger partial charge in [-0.1, -0.05) is 13.3 Å². The number of carbonyl (C=O) groups excluding carboxylic acids is 1. The van der Waals surface area contributed by atoms with Crippen molar-refractivity contribution in [3.63, 3.8) is 0 Å². The first-order valence-electron chi connectivity index (χ1n) is 4.05. The zero-order valence-corrected chi connectivity index (χ0v) is 6.66. The molecule has 64 valence electrons. The predicted octanol–water partition coefficient (Wildman–Crippen LogP) is 0.0973. The fraction of sp³-hybridized carbons (Fsp3) is 0.875. The van der Waals surface area contributed by atoms with Gasteiger partial charge in [-0.2, -0.15) is 0 Å². The Labute approximate surface area is 66.0 Å². The Balaban J connectivity index is 2.52. The van der Waals surface area contributed by atoms with E-state index in [0.29, 0.717) is 6.42 Å². The lowest BCUT2D eigenvalue weighted by Gasteiger charge is -2.13. The zero-order valence-electron chi connectivity index (χ0n) is 6.66. The summed E-state index contributed by atoms with van der Waals surface area (Å²) in [5.74, 6) is -0.224. The third-order valence-corrected chi connectivity index (χ3v) is 2.26. The summed E-state index contributed by atoms with van der Waals surface area (Å²) >= 11 is 0. The van der Waals surface area contributed by atoms with Gasteiger partial charge in [-0.15, -0.1) is 0 Å². The fourth-order valence-corrected chi connectivity index (χ4v) is 1.59. The minimum Gasteiger partial charge on any atom is -0.390 e. The second kappa shape index (κ2) is 3.32. The van der Waals surface area contributed by atoms with E-state index in [-0.39, 0.29) is 11.7 Å². The van der Waals surface area contributed by atoms with E-state index in [4.69, 9.17) is 5.11 Å². The first-order chi connectivity index (χ1) is 5.16. The SMILES string of the molecule is CCCC1CC(=O)C(O)C1O. The predicted molar refractivity (Wildman–Crippen MR) is 40.0 cm³/mol. The Morgan fingerprint density at radius 2 is 2.18 bits per heavy atom. The van der Waals surface area contributed by atoms with Crippen molar-refractivity contribution in [2.24, 2.45) is 5.92 Å².